The second-order valence-electron chi connectivity index (χ2n) is 3.78. The zero-order valence-electron chi connectivity index (χ0n) is 10.1. The highest BCUT2D eigenvalue weighted by Crippen LogP contribution is 2.28. The number of nitrogens with zero attached hydrogens (tertiary/aromatic N) is 3. The number of methoxy groups -OCH3 is 1. The third-order valence-electron chi connectivity index (χ3n) is 2.59. The van der Waals surface area contributed by atoms with Crippen molar-refractivity contribution in [3.8, 4) is 11.4 Å². The van der Waals surface area contributed by atoms with Gasteiger partial charge in [0.25, 0.3) is 0 Å². The van der Waals surface area contributed by atoms with Gasteiger partial charge in [0.2, 0.25) is 0 Å². The van der Waals surface area contributed by atoms with Crippen molar-refractivity contribution in [2.24, 2.45) is 0 Å². The van der Waals surface area contributed by atoms with E-state index in [-0.39, 0.29) is 4.83 Å². The fourth-order valence-corrected chi connectivity index (χ4v) is 1.95. The van der Waals surface area contributed by atoms with Gasteiger partial charge >= 0.3 is 0 Å². The first-order valence-corrected chi connectivity index (χ1v) is 6.85. The number of halogens is 2. The minimum atomic E-state index is 0.223. The molecule has 1 aromatic carbocycles. The molecule has 1 atom stereocenters. The molecule has 6 heteroatoms. The molecule has 0 aliphatic rings. The summed E-state index contributed by atoms with van der Waals surface area (Å²) in [6, 6.07) is 5.48. The number of ether oxygens (including phenoxy) is 1. The van der Waals surface area contributed by atoms with Crippen molar-refractivity contribution in [3.05, 3.63) is 35.1 Å². The predicted molar refractivity (Wildman–Crippen MR) is 74.9 cm³/mol. The molecule has 0 radical (unpaired) electrons. The Morgan fingerprint density at radius 1 is 1.50 bits per heavy atom. The van der Waals surface area contributed by atoms with Gasteiger partial charge in [-0.25, -0.2) is 4.68 Å². The molecule has 0 aliphatic heterocycles. The Bertz CT molecular complexity index is 544. The zero-order valence-corrected chi connectivity index (χ0v) is 12.4. The number of benzene rings is 1. The van der Waals surface area contributed by atoms with E-state index >= 15 is 0 Å². The Morgan fingerprint density at radius 3 is 2.94 bits per heavy atom. The normalized spacial score (nSPS) is 12.4. The lowest BCUT2D eigenvalue weighted by Gasteiger charge is -2.05. The van der Waals surface area contributed by atoms with Crippen LogP contribution < -0.4 is 4.74 Å². The van der Waals surface area contributed by atoms with Crippen LogP contribution in [-0.2, 0) is 0 Å². The molecule has 1 unspecified atom stereocenters. The van der Waals surface area contributed by atoms with E-state index in [0.717, 1.165) is 17.8 Å². The molecular formula is C12H13BrClN3O. The van der Waals surface area contributed by atoms with Gasteiger partial charge in [0, 0.05) is 6.07 Å². The van der Waals surface area contributed by atoms with Crippen molar-refractivity contribution in [1.29, 1.82) is 0 Å². The average molecular weight is 331 g/mol. The van der Waals surface area contributed by atoms with Gasteiger partial charge in [-0.15, -0.1) is 5.10 Å². The van der Waals surface area contributed by atoms with E-state index in [0.29, 0.717) is 10.8 Å². The zero-order chi connectivity index (χ0) is 13.1. The summed E-state index contributed by atoms with van der Waals surface area (Å²) in [7, 11) is 1.59. The highest BCUT2D eigenvalue weighted by atomic mass is 79.9. The van der Waals surface area contributed by atoms with Crippen LogP contribution in [0.4, 0.5) is 0 Å². The first-order valence-electron chi connectivity index (χ1n) is 5.56. The molecule has 0 aliphatic carbocycles. The van der Waals surface area contributed by atoms with Gasteiger partial charge in [0.15, 0.2) is 0 Å². The second-order valence-corrected chi connectivity index (χ2v) is 5.30. The van der Waals surface area contributed by atoms with E-state index in [2.05, 4.69) is 33.2 Å². The molecule has 1 aromatic heterocycles. The molecule has 0 fully saturated rings. The first-order chi connectivity index (χ1) is 8.65. The Kier molecular flexibility index (Phi) is 4.24. The molecule has 0 saturated carbocycles. The fourth-order valence-electron chi connectivity index (χ4n) is 1.55. The van der Waals surface area contributed by atoms with Crippen LogP contribution in [-0.4, -0.2) is 22.1 Å². The highest BCUT2D eigenvalue weighted by Gasteiger charge is 2.11. The largest absolute Gasteiger partial charge is 0.495 e. The molecule has 0 spiro atoms. The predicted octanol–water partition coefficient (Wildman–Crippen LogP) is 3.78. The summed E-state index contributed by atoms with van der Waals surface area (Å²) in [5.74, 6) is 0.622. The number of alkyl halides is 1. The van der Waals surface area contributed by atoms with Crippen LogP contribution in [0.2, 0.25) is 5.02 Å². The van der Waals surface area contributed by atoms with Crippen LogP contribution in [0.15, 0.2) is 24.4 Å². The average Bonchev–Trinajstić information content (AvgIpc) is 2.88. The van der Waals surface area contributed by atoms with Crippen molar-refractivity contribution >= 4 is 27.5 Å². The second kappa shape index (κ2) is 5.71. The van der Waals surface area contributed by atoms with Gasteiger partial charge in [0.05, 0.1) is 34.5 Å². The van der Waals surface area contributed by atoms with E-state index in [9.17, 15) is 0 Å². The number of aromatic nitrogens is 3. The van der Waals surface area contributed by atoms with E-state index in [4.69, 9.17) is 16.3 Å². The summed E-state index contributed by atoms with van der Waals surface area (Å²) in [6.45, 7) is 2.09. The van der Waals surface area contributed by atoms with Crippen molar-refractivity contribution in [3.63, 3.8) is 0 Å². The SMILES string of the molecule is CCC(Br)c1cn(-c2ccc(Cl)c(OC)c2)nn1. The Labute approximate surface area is 119 Å². The van der Waals surface area contributed by atoms with E-state index < -0.39 is 0 Å². The standard InChI is InChI=1S/C12H13BrClN3O/c1-3-9(13)11-7-17(16-15-11)8-4-5-10(14)12(6-8)18-2/h4-7,9H,3H2,1-2H3. The van der Waals surface area contributed by atoms with Crippen molar-refractivity contribution < 1.29 is 4.74 Å². The van der Waals surface area contributed by atoms with Gasteiger partial charge in [-0.3, -0.25) is 0 Å². The number of hydrogen-bond donors (Lipinski definition) is 0. The van der Waals surface area contributed by atoms with Crippen LogP contribution in [0, 0.1) is 0 Å². The molecule has 96 valence electrons. The summed E-state index contributed by atoms with van der Waals surface area (Å²) in [4.78, 5) is 0.223. The quantitative estimate of drug-likeness (QED) is 0.801. The maximum absolute atomic E-state index is 5.98. The molecule has 0 bridgehead atoms. The minimum Gasteiger partial charge on any atom is -0.495 e. The first kappa shape index (κ1) is 13.4. The monoisotopic (exact) mass is 329 g/mol. The topological polar surface area (TPSA) is 39.9 Å². The maximum atomic E-state index is 5.98. The highest BCUT2D eigenvalue weighted by molar-refractivity contribution is 9.09. The smallest absolute Gasteiger partial charge is 0.139 e. The summed E-state index contributed by atoms with van der Waals surface area (Å²) >= 11 is 9.53. The lowest BCUT2D eigenvalue weighted by Crippen LogP contribution is -1.96. The summed E-state index contributed by atoms with van der Waals surface area (Å²) in [5, 5.41) is 8.81. The minimum absolute atomic E-state index is 0.223. The summed E-state index contributed by atoms with van der Waals surface area (Å²) in [6.07, 6.45) is 2.86. The Balaban J connectivity index is 2.34. The number of hydrogen-bond acceptors (Lipinski definition) is 3. The molecule has 0 N–H and O–H groups in total. The lowest BCUT2D eigenvalue weighted by molar-refractivity contribution is 0.414. The molecule has 18 heavy (non-hydrogen) atoms. The van der Waals surface area contributed by atoms with Gasteiger partial charge in [0.1, 0.15) is 5.75 Å². The maximum Gasteiger partial charge on any atom is 0.139 e. The molecular weight excluding hydrogens is 318 g/mol. The summed E-state index contributed by atoms with van der Waals surface area (Å²) < 4.78 is 6.89. The van der Waals surface area contributed by atoms with E-state index in [1.54, 1.807) is 17.9 Å². The Hall–Kier alpha value is -1.07. The van der Waals surface area contributed by atoms with Gasteiger partial charge < -0.3 is 4.74 Å². The molecule has 1 heterocycles. The van der Waals surface area contributed by atoms with E-state index in [1.165, 1.54) is 0 Å². The summed E-state index contributed by atoms with van der Waals surface area (Å²) in [5.41, 5.74) is 1.78. The van der Waals surface area contributed by atoms with Crippen LogP contribution in [0.25, 0.3) is 5.69 Å². The molecule has 4 nitrogen and oxygen atoms in total. The number of rotatable bonds is 4. The van der Waals surface area contributed by atoms with Gasteiger partial charge in [-0.1, -0.05) is 39.7 Å². The van der Waals surface area contributed by atoms with E-state index in [1.807, 2.05) is 18.3 Å². The van der Waals surface area contributed by atoms with Crippen LogP contribution in [0.1, 0.15) is 23.9 Å². The van der Waals surface area contributed by atoms with Crippen molar-refractivity contribution in [2.75, 3.05) is 7.11 Å². The van der Waals surface area contributed by atoms with Crippen molar-refractivity contribution in [2.45, 2.75) is 18.2 Å². The molecule has 0 amide bonds. The van der Waals surface area contributed by atoms with Gasteiger partial charge in [-0.05, 0) is 18.6 Å². The fraction of sp³-hybridized carbons (Fsp3) is 0.333. The molecule has 0 saturated heterocycles. The van der Waals surface area contributed by atoms with Gasteiger partial charge in [-0.2, -0.15) is 0 Å². The third-order valence-corrected chi connectivity index (χ3v) is 4.02. The van der Waals surface area contributed by atoms with Crippen LogP contribution >= 0.6 is 27.5 Å². The molecule has 2 aromatic rings. The van der Waals surface area contributed by atoms with Crippen LogP contribution in [0.3, 0.4) is 0 Å². The lowest BCUT2D eigenvalue weighted by atomic mass is 10.2. The Morgan fingerprint density at radius 2 is 2.28 bits per heavy atom. The molecule has 2 rings (SSSR count). The third kappa shape index (κ3) is 2.67. The van der Waals surface area contributed by atoms with Crippen molar-refractivity contribution in [1.82, 2.24) is 15.0 Å². The van der Waals surface area contributed by atoms with Crippen LogP contribution in [0.5, 0.6) is 5.75 Å².